The van der Waals surface area contributed by atoms with Gasteiger partial charge in [0, 0.05) is 25.6 Å². The Bertz CT molecular complexity index is 629. The highest BCUT2D eigenvalue weighted by atomic mass is 16.5. The lowest BCUT2D eigenvalue weighted by Gasteiger charge is -2.28. The van der Waals surface area contributed by atoms with Crippen LogP contribution in [0, 0.1) is 18.3 Å². The third-order valence-corrected chi connectivity index (χ3v) is 4.51. The number of anilines is 1. The van der Waals surface area contributed by atoms with E-state index in [0.717, 1.165) is 25.9 Å². The maximum atomic E-state index is 12.9. The molecule has 1 aliphatic rings. The van der Waals surface area contributed by atoms with Crippen LogP contribution in [-0.4, -0.2) is 47.7 Å². The Balaban J connectivity index is 1.96. The molecule has 7 nitrogen and oxygen atoms in total. The molecule has 0 aromatic carbocycles. The first kappa shape index (κ1) is 21.4. The Kier molecular flexibility index (Phi) is 7.41. The van der Waals surface area contributed by atoms with Crippen LogP contribution < -0.4 is 5.32 Å². The fourth-order valence-corrected chi connectivity index (χ4v) is 3.61. The lowest BCUT2D eigenvalue weighted by molar-refractivity contribution is -0.137. The summed E-state index contributed by atoms with van der Waals surface area (Å²) in [4.78, 5) is 26.9. The van der Waals surface area contributed by atoms with Crippen molar-refractivity contribution in [3.05, 3.63) is 11.8 Å². The Labute approximate surface area is 161 Å². The van der Waals surface area contributed by atoms with Gasteiger partial charge in [-0.15, -0.1) is 0 Å². The summed E-state index contributed by atoms with van der Waals surface area (Å²) in [5, 5.41) is 6.45. The van der Waals surface area contributed by atoms with Gasteiger partial charge in [0.05, 0.1) is 12.6 Å². The highest BCUT2D eigenvalue weighted by molar-refractivity contribution is 5.93. The van der Waals surface area contributed by atoms with Crippen molar-refractivity contribution in [3.8, 4) is 0 Å². The van der Waals surface area contributed by atoms with E-state index in [9.17, 15) is 9.59 Å². The van der Waals surface area contributed by atoms with Crippen molar-refractivity contribution in [2.24, 2.45) is 11.3 Å². The van der Waals surface area contributed by atoms with E-state index in [0.29, 0.717) is 24.5 Å². The summed E-state index contributed by atoms with van der Waals surface area (Å²) in [6.45, 7) is 11.5. The zero-order chi connectivity index (χ0) is 20.0. The van der Waals surface area contributed by atoms with E-state index in [4.69, 9.17) is 9.26 Å². The minimum atomic E-state index is -0.280. The van der Waals surface area contributed by atoms with Gasteiger partial charge in [0.1, 0.15) is 5.76 Å². The van der Waals surface area contributed by atoms with E-state index in [-0.39, 0.29) is 35.8 Å². The smallest absolute Gasteiger partial charge is 0.245 e. The van der Waals surface area contributed by atoms with Gasteiger partial charge in [-0.05, 0) is 37.5 Å². The number of carbonyl (C=O) groups excluding carboxylic acids is 2. The van der Waals surface area contributed by atoms with Gasteiger partial charge < -0.3 is 19.5 Å². The fourth-order valence-electron chi connectivity index (χ4n) is 3.61. The Morgan fingerprint density at radius 1 is 1.41 bits per heavy atom. The largest absolute Gasteiger partial charge is 0.376 e. The molecule has 27 heavy (non-hydrogen) atoms. The molecule has 1 fully saturated rings. The average molecular weight is 380 g/mol. The molecule has 1 saturated heterocycles. The third kappa shape index (κ3) is 7.71. The van der Waals surface area contributed by atoms with Crippen LogP contribution in [0.5, 0.6) is 0 Å². The molecule has 0 bridgehead atoms. The highest BCUT2D eigenvalue weighted by Crippen LogP contribution is 2.26. The van der Waals surface area contributed by atoms with Crippen LogP contribution in [0.3, 0.4) is 0 Å². The molecule has 1 aliphatic heterocycles. The Morgan fingerprint density at radius 2 is 2.15 bits per heavy atom. The summed E-state index contributed by atoms with van der Waals surface area (Å²) in [6, 6.07) is 1.65. The van der Waals surface area contributed by atoms with Crippen molar-refractivity contribution in [2.45, 2.75) is 66.4 Å². The Morgan fingerprint density at radius 3 is 2.70 bits per heavy atom. The monoisotopic (exact) mass is 379 g/mol. The number of aryl methyl sites for hydroxylation is 1. The average Bonchev–Trinajstić information content (AvgIpc) is 3.16. The SMILES string of the molecule is Cc1cc(NC(=O)CN(CC2CCCO2)C(=O)CC(C)CC(C)(C)C)no1. The van der Waals surface area contributed by atoms with Gasteiger partial charge in [0.15, 0.2) is 5.82 Å². The second-order valence-electron chi connectivity index (χ2n) is 8.85. The molecule has 1 aromatic rings. The Hall–Kier alpha value is -1.89. The van der Waals surface area contributed by atoms with E-state index >= 15 is 0 Å². The summed E-state index contributed by atoms with van der Waals surface area (Å²) >= 11 is 0. The number of hydrogen-bond acceptors (Lipinski definition) is 5. The van der Waals surface area contributed by atoms with E-state index in [1.165, 1.54) is 0 Å². The number of rotatable bonds is 8. The fraction of sp³-hybridized carbons (Fsp3) is 0.750. The molecule has 152 valence electrons. The first-order valence-corrected chi connectivity index (χ1v) is 9.75. The standard InChI is InChI=1S/C20H33N3O4/c1-14(11-20(3,4)5)9-19(25)23(12-16-7-6-8-26-16)13-18(24)21-17-10-15(2)27-22-17/h10,14,16H,6-9,11-13H2,1-5H3,(H,21,22,24). The molecular formula is C20H33N3O4. The van der Waals surface area contributed by atoms with Gasteiger partial charge in [-0.25, -0.2) is 0 Å². The summed E-state index contributed by atoms with van der Waals surface area (Å²) < 4.78 is 10.6. The van der Waals surface area contributed by atoms with Crippen LogP contribution in [0.1, 0.15) is 59.1 Å². The molecule has 2 amide bonds. The minimum absolute atomic E-state index is 0.00580. The van der Waals surface area contributed by atoms with E-state index in [1.807, 2.05) is 0 Å². The molecular weight excluding hydrogens is 346 g/mol. The van der Waals surface area contributed by atoms with Gasteiger partial charge in [0.2, 0.25) is 11.8 Å². The third-order valence-electron chi connectivity index (χ3n) is 4.51. The second kappa shape index (κ2) is 9.35. The van der Waals surface area contributed by atoms with Crippen molar-refractivity contribution < 1.29 is 18.8 Å². The van der Waals surface area contributed by atoms with Crippen LogP contribution in [0.4, 0.5) is 5.82 Å². The molecule has 2 heterocycles. The number of amides is 2. The predicted molar refractivity (Wildman–Crippen MR) is 103 cm³/mol. The maximum absolute atomic E-state index is 12.9. The van der Waals surface area contributed by atoms with Crippen LogP contribution in [-0.2, 0) is 14.3 Å². The number of nitrogens with one attached hydrogen (secondary N) is 1. The number of aromatic nitrogens is 1. The van der Waals surface area contributed by atoms with E-state index < -0.39 is 0 Å². The number of nitrogens with zero attached hydrogens (tertiary/aromatic N) is 2. The number of ether oxygens (including phenoxy) is 1. The quantitative estimate of drug-likeness (QED) is 0.748. The molecule has 0 spiro atoms. The molecule has 2 rings (SSSR count). The number of carbonyl (C=O) groups is 2. The summed E-state index contributed by atoms with van der Waals surface area (Å²) in [5.41, 5.74) is 0.168. The molecule has 0 radical (unpaired) electrons. The van der Waals surface area contributed by atoms with Gasteiger partial charge in [0.25, 0.3) is 0 Å². The van der Waals surface area contributed by atoms with Crippen LogP contribution >= 0.6 is 0 Å². The van der Waals surface area contributed by atoms with Gasteiger partial charge >= 0.3 is 0 Å². The van der Waals surface area contributed by atoms with Gasteiger partial charge in [-0.3, -0.25) is 9.59 Å². The van der Waals surface area contributed by atoms with Crippen molar-refractivity contribution in [2.75, 3.05) is 25.0 Å². The molecule has 7 heteroatoms. The second-order valence-corrected chi connectivity index (χ2v) is 8.85. The maximum Gasteiger partial charge on any atom is 0.245 e. The summed E-state index contributed by atoms with van der Waals surface area (Å²) in [5.74, 6) is 0.953. The van der Waals surface area contributed by atoms with Crippen LogP contribution in [0.15, 0.2) is 10.6 Å². The van der Waals surface area contributed by atoms with Crippen molar-refractivity contribution in [1.29, 1.82) is 0 Å². The lowest BCUT2D eigenvalue weighted by atomic mass is 9.84. The molecule has 2 unspecified atom stereocenters. The van der Waals surface area contributed by atoms with Crippen molar-refractivity contribution >= 4 is 17.6 Å². The van der Waals surface area contributed by atoms with Gasteiger partial charge in [-0.1, -0.05) is 32.9 Å². The zero-order valence-corrected chi connectivity index (χ0v) is 17.2. The van der Waals surface area contributed by atoms with Crippen molar-refractivity contribution in [1.82, 2.24) is 10.1 Å². The lowest BCUT2D eigenvalue weighted by Crippen LogP contribution is -2.43. The predicted octanol–water partition coefficient (Wildman–Crippen LogP) is 3.39. The topological polar surface area (TPSA) is 84.7 Å². The minimum Gasteiger partial charge on any atom is -0.376 e. The molecule has 1 aromatic heterocycles. The molecule has 1 N–H and O–H groups in total. The van der Waals surface area contributed by atoms with Crippen LogP contribution in [0.2, 0.25) is 0 Å². The van der Waals surface area contributed by atoms with Crippen LogP contribution in [0.25, 0.3) is 0 Å². The zero-order valence-electron chi connectivity index (χ0n) is 17.2. The summed E-state index contributed by atoms with van der Waals surface area (Å²) in [6.07, 6.45) is 3.31. The summed E-state index contributed by atoms with van der Waals surface area (Å²) in [7, 11) is 0. The number of hydrogen-bond donors (Lipinski definition) is 1. The molecule has 0 aliphatic carbocycles. The first-order chi connectivity index (χ1) is 12.6. The first-order valence-electron chi connectivity index (χ1n) is 9.75. The van der Waals surface area contributed by atoms with E-state index in [1.54, 1.807) is 17.9 Å². The molecule has 2 atom stereocenters. The normalized spacial score (nSPS) is 18.3. The molecule has 0 saturated carbocycles. The highest BCUT2D eigenvalue weighted by Gasteiger charge is 2.26. The van der Waals surface area contributed by atoms with Gasteiger partial charge in [-0.2, -0.15) is 0 Å². The van der Waals surface area contributed by atoms with Crippen molar-refractivity contribution in [3.63, 3.8) is 0 Å². The van der Waals surface area contributed by atoms with E-state index in [2.05, 4.69) is 38.2 Å².